The topological polar surface area (TPSA) is 111 Å². The van der Waals surface area contributed by atoms with E-state index < -0.39 is 24.0 Å². The average molecular weight is 355 g/mol. The molecule has 0 saturated carbocycles. The number of rotatable bonds is 5. The number of nitrogen functional groups attached to an aromatic ring is 1. The van der Waals surface area contributed by atoms with Crippen LogP contribution in [-0.2, 0) is 16.1 Å². The molecule has 0 spiro atoms. The van der Waals surface area contributed by atoms with Crippen molar-refractivity contribution >= 4 is 23.6 Å². The van der Waals surface area contributed by atoms with Gasteiger partial charge in [-0.3, -0.25) is 10.1 Å². The molecule has 0 aliphatic carbocycles. The number of amides is 3. The van der Waals surface area contributed by atoms with Gasteiger partial charge in [0.2, 0.25) is 0 Å². The maximum absolute atomic E-state index is 12.1. The summed E-state index contributed by atoms with van der Waals surface area (Å²) in [4.78, 5) is 35.9. The maximum Gasteiger partial charge on any atom is 0.341 e. The molecule has 0 aliphatic rings. The molecule has 7 nitrogen and oxygen atoms in total. The van der Waals surface area contributed by atoms with E-state index in [0.29, 0.717) is 5.69 Å². The molecule has 0 fully saturated rings. The normalized spacial score (nSPS) is 11.3. The van der Waals surface area contributed by atoms with Crippen LogP contribution in [0.4, 0.5) is 10.5 Å². The Bertz CT molecular complexity index is 806. The Labute approximate surface area is 151 Å². The maximum atomic E-state index is 12.1. The summed E-state index contributed by atoms with van der Waals surface area (Å²) in [5, 5.41) is 4.69. The molecular weight excluding hydrogens is 334 g/mol. The molecule has 0 heterocycles. The highest BCUT2D eigenvalue weighted by atomic mass is 16.5. The minimum absolute atomic E-state index is 0.179. The van der Waals surface area contributed by atoms with Crippen molar-refractivity contribution in [1.82, 2.24) is 10.6 Å². The quantitative estimate of drug-likeness (QED) is 0.562. The van der Waals surface area contributed by atoms with Gasteiger partial charge in [-0.2, -0.15) is 0 Å². The highest BCUT2D eigenvalue weighted by molar-refractivity contribution is 6.00. The van der Waals surface area contributed by atoms with E-state index in [0.717, 1.165) is 11.1 Å². The van der Waals surface area contributed by atoms with Crippen LogP contribution >= 0.6 is 0 Å². The number of urea groups is 1. The zero-order valence-electron chi connectivity index (χ0n) is 14.6. The van der Waals surface area contributed by atoms with Crippen LogP contribution in [-0.4, -0.2) is 24.0 Å². The number of esters is 1. The number of carbonyl (C=O) groups is 3. The third kappa shape index (κ3) is 5.07. The summed E-state index contributed by atoms with van der Waals surface area (Å²) in [7, 11) is 0. The lowest BCUT2D eigenvalue weighted by Crippen LogP contribution is -2.44. The molecule has 4 N–H and O–H groups in total. The molecule has 1 atom stereocenters. The van der Waals surface area contributed by atoms with Gasteiger partial charge in [-0.1, -0.05) is 42.5 Å². The van der Waals surface area contributed by atoms with Crippen molar-refractivity contribution in [3.05, 3.63) is 65.2 Å². The van der Waals surface area contributed by atoms with Crippen molar-refractivity contribution in [2.75, 3.05) is 5.73 Å². The van der Waals surface area contributed by atoms with Gasteiger partial charge < -0.3 is 15.8 Å². The van der Waals surface area contributed by atoms with Crippen LogP contribution in [0.1, 0.15) is 28.4 Å². The SMILES string of the molecule is Cc1cccc(C(=O)O[C@@H](C)C(=O)NC(=O)NCc2ccccc2)c1N. The number of ether oxygens (including phenoxy) is 1. The predicted octanol–water partition coefficient (Wildman–Crippen LogP) is 2.15. The number of para-hydroxylation sites is 1. The van der Waals surface area contributed by atoms with Crippen LogP contribution in [0.15, 0.2) is 48.5 Å². The largest absolute Gasteiger partial charge is 0.449 e. The van der Waals surface area contributed by atoms with Gasteiger partial charge in [0, 0.05) is 12.2 Å². The lowest BCUT2D eigenvalue weighted by atomic mass is 10.1. The Morgan fingerprint density at radius 1 is 1.08 bits per heavy atom. The number of hydrogen-bond donors (Lipinski definition) is 3. The predicted molar refractivity (Wildman–Crippen MR) is 97.3 cm³/mol. The Morgan fingerprint density at radius 3 is 2.46 bits per heavy atom. The van der Waals surface area contributed by atoms with E-state index in [2.05, 4.69) is 10.6 Å². The molecule has 2 rings (SSSR count). The molecule has 0 bridgehead atoms. The van der Waals surface area contributed by atoms with E-state index in [1.54, 1.807) is 19.1 Å². The Morgan fingerprint density at radius 2 is 1.77 bits per heavy atom. The van der Waals surface area contributed by atoms with Gasteiger partial charge in [0.1, 0.15) is 0 Å². The second kappa shape index (κ2) is 8.66. The summed E-state index contributed by atoms with van der Waals surface area (Å²) in [6.45, 7) is 3.41. The number of anilines is 1. The zero-order chi connectivity index (χ0) is 19.1. The van der Waals surface area contributed by atoms with Gasteiger partial charge in [-0.15, -0.1) is 0 Å². The standard InChI is InChI=1S/C19H21N3O4/c1-12-7-6-10-15(16(12)20)18(24)26-13(2)17(23)22-19(25)21-11-14-8-4-3-5-9-14/h3-10,13H,11,20H2,1-2H3,(H2,21,22,23,25)/t13-/m0/s1. The summed E-state index contributed by atoms with van der Waals surface area (Å²) < 4.78 is 5.09. The molecule has 0 saturated heterocycles. The molecule has 0 unspecified atom stereocenters. The second-order valence-electron chi connectivity index (χ2n) is 5.74. The summed E-state index contributed by atoms with van der Waals surface area (Å²) >= 11 is 0. The first-order valence-electron chi connectivity index (χ1n) is 8.07. The smallest absolute Gasteiger partial charge is 0.341 e. The highest BCUT2D eigenvalue weighted by Gasteiger charge is 2.22. The fourth-order valence-electron chi connectivity index (χ4n) is 2.17. The van der Waals surface area contributed by atoms with Crippen LogP contribution in [0, 0.1) is 6.92 Å². The van der Waals surface area contributed by atoms with Crippen molar-refractivity contribution in [3.8, 4) is 0 Å². The number of nitrogens with one attached hydrogen (secondary N) is 2. The number of imide groups is 1. The summed E-state index contributed by atoms with van der Waals surface area (Å²) in [5.74, 6) is -1.45. The molecule has 2 aromatic carbocycles. The number of aryl methyl sites for hydroxylation is 1. The van der Waals surface area contributed by atoms with E-state index >= 15 is 0 Å². The third-order valence-electron chi connectivity index (χ3n) is 3.73. The van der Waals surface area contributed by atoms with Gasteiger partial charge in [0.25, 0.3) is 5.91 Å². The van der Waals surface area contributed by atoms with Crippen molar-refractivity contribution in [1.29, 1.82) is 0 Å². The second-order valence-corrected chi connectivity index (χ2v) is 5.74. The minimum Gasteiger partial charge on any atom is -0.449 e. The lowest BCUT2D eigenvalue weighted by molar-refractivity contribution is -0.127. The van der Waals surface area contributed by atoms with Gasteiger partial charge in [0.15, 0.2) is 6.10 Å². The van der Waals surface area contributed by atoms with E-state index in [9.17, 15) is 14.4 Å². The molecule has 26 heavy (non-hydrogen) atoms. The first kappa shape index (κ1) is 19.0. The fraction of sp³-hybridized carbons (Fsp3) is 0.211. The van der Waals surface area contributed by atoms with Crippen molar-refractivity contribution in [2.45, 2.75) is 26.5 Å². The van der Waals surface area contributed by atoms with Gasteiger partial charge >= 0.3 is 12.0 Å². The van der Waals surface area contributed by atoms with Crippen LogP contribution in [0.3, 0.4) is 0 Å². The lowest BCUT2D eigenvalue weighted by Gasteiger charge is -2.14. The van der Waals surface area contributed by atoms with Crippen molar-refractivity contribution in [3.63, 3.8) is 0 Å². The monoisotopic (exact) mass is 355 g/mol. The van der Waals surface area contributed by atoms with Crippen molar-refractivity contribution in [2.24, 2.45) is 0 Å². The Kier molecular flexibility index (Phi) is 6.32. The number of carbonyl (C=O) groups excluding carboxylic acids is 3. The van der Waals surface area contributed by atoms with Gasteiger partial charge in [-0.25, -0.2) is 9.59 Å². The Balaban J connectivity index is 1.85. The van der Waals surface area contributed by atoms with E-state index in [-0.39, 0.29) is 12.1 Å². The van der Waals surface area contributed by atoms with Gasteiger partial charge in [-0.05, 0) is 31.0 Å². The number of benzene rings is 2. The third-order valence-corrected chi connectivity index (χ3v) is 3.73. The fourth-order valence-corrected chi connectivity index (χ4v) is 2.17. The molecule has 3 amide bonds. The molecule has 2 aromatic rings. The summed E-state index contributed by atoms with van der Waals surface area (Å²) in [5.41, 5.74) is 7.95. The van der Waals surface area contributed by atoms with E-state index in [1.165, 1.54) is 13.0 Å². The minimum atomic E-state index is -1.15. The first-order chi connectivity index (χ1) is 12.4. The molecule has 0 aliphatic heterocycles. The van der Waals surface area contributed by atoms with Crippen molar-refractivity contribution < 1.29 is 19.1 Å². The van der Waals surface area contributed by atoms with Crippen LogP contribution in [0.25, 0.3) is 0 Å². The molecule has 136 valence electrons. The highest BCUT2D eigenvalue weighted by Crippen LogP contribution is 2.18. The van der Waals surface area contributed by atoms with E-state index in [1.807, 2.05) is 30.3 Å². The van der Waals surface area contributed by atoms with Crippen LogP contribution in [0.2, 0.25) is 0 Å². The summed E-state index contributed by atoms with van der Waals surface area (Å²) in [6, 6.07) is 13.5. The average Bonchev–Trinajstić information content (AvgIpc) is 2.63. The van der Waals surface area contributed by atoms with E-state index in [4.69, 9.17) is 10.5 Å². The van der Waals surface area contributed by atoms with Crippen LogP contribution < -0.4 is 16.4 Å². The zero-order valence-corrected chi connectivity index (χ0v) is 14.6. The summed E-state index contributed by atoms with van der Waals surface area (Å²) in [6.07, 6.45) is -1.15. The van der Waals surface area contributed by atoms with Crippen LogP contribution in [0.5, 0.6) is 0 Å². The number of hydrogen-bond acceptors (Lipinski definition) is 5. The molecule has 0 radical (unpaired) electrons. The first-order valence-corrected chi connectivity index (χ1v) is 8.07. The van der Waals surface area contributed by atoms with Gasteiger partial charge in [0.05, 0.1) is 5.56 Å². The molecular formula is C19H21N3O4. The number of nitrogens with two attached hydrogens (primary N) is 1. The molecule has 0 aromatic heterocycles. The Hall–Kier alpha value is -3.35. The molecule has 7 heteroatoms.